The fraction of sp³-hybridized carbons (Fsp3) is 0.391. The first-order valence-corrected chi connectivity index (χ1v) is 11.3. The van der Waals surface area contributed by atoms with E-state index in [2.05, 4.69) is 31.2 Å². The Bertz CT molecular complexity index is 798. The summed E-state index contributed by atoms with van der Waals surface area (Å²) in [4.78, 5) is 28.7. The van der Waals surface area contributed by atoms with Crippen molar-refractivity contribution in [1.82, 2.24) is 4.90 Å². The molecule has 0 bridgehead atoms. The third kappa shape index (κ3) is 4.34. The Labute approximate surface area is 168 Å². The summed E-state index contributed by atoms with van der Waals surface area (Å²) in [7, 11) is 0. The zero-order chi connectivity index (χ0) is 19.6. The van der Waals surface area contributed by atoms with Crippen LogP contribution in [0.2, 0.25) is 4.82 Å². The molecule has 0 N–H and O–H groups in total. The van der Waals surface area contributed by atoms with Crippen LogP contribution >= 0.6 is 0 Å². The molecule has 1 heterocycles. The van der Waals surface area contributed by atoms with Gasteiger partial charge in [0.1, 0.15) is 0 Å². The van der Waals surface area contributed by atoms with Crippen molar-refractivity contribution in [3.63, 3.8) is 0 Å². The van der Waals surface area contributed by atoms with E-state index in [9.17, 15) is 9.59 Å². The summed E-state index contributed by atoms with van der Waals surface area (Å²) < 4.78 is 1.31. The predicted octanol–water partition coefficient (Wildman–Crippen LogP) is 3.58. The topological polar surface area (TPSA) is 37.4 Å². The van der Waals surface area contributed by atoms with Gasteiger partial charge in [0.15, 0.2) is 0 Å². The standard InChI is InChI=1S/C23H27NO2Se/c1-16(27-18-13-9-6-10-14-18)19-15-24(23(2,3)4)22(26)20(19)21(25)17-11-7-5-8-12-17/h5-14,16,19-20H,15H2,1-4H3/t16?,19-,20+/m1/s1. The third-order valence-corrected chi connectivity index (χ3v) is 7.83. The molecule has 0 spiro atoms. The van der Waals surface area contributed by atoms with Gasteiger partial charge in [-0.1, -0.05) is 0 Å². The van der Waals surface area contributed by atoms with E-state index in [-0.39, 0.29) is 38.1 Å². The summed E-state index contributed by atoms with van der Waals surface area (Å²) in [6.07, 6.45) is 0. The summed E-state index contributed by atoms with van der Waals surface area (Å²) in [5.41, 5.74) is 0.358. The summed E-state index contributed by atoms with van der Waals surface area (Å²) >= 11 is 0.218. The van der Waals surface area contributed by atoms with Crippen molar-refractivity contribution in [2.45, 2.75) is 38.1 Å². The second kappa shape index (κ2) is 8.00. The molecule has 2 aromatic rings. The van der Waals surface area contributed by atoms with Crippen LogP contribution in [0.4, 0.5) is 0 Å². The molecule has 0 aliphatic carbocycles. The average molecular weight is 428 g/mol. The molecular weight excluding hydrogens is 401 g/mol. The van der Waals surface area contributed by atoms with Crippen molar-refractivity contribution in [3.8, 4) is 0 Å². The molecule has 4 heteroatoms. The fourth-order valence-corrected chi connectivity index (χ4v) is 6.11. The van der Waals surface area contributed by atoms with Crippen LogP contribution in [0.25, 0.3) is 0 Å². The molecule has 1 saturated heterocycles. The third-order valence-electron chi connectivity index (χ3n) is 5.17. The zero-order valence-electron chi connectivity index (χ0n) is 16.4. The summed E-state index contributed by atoms with van der Waals surface area (Å²) in [6.45, 7) is 8.99. The van der Waals surface area contributed by atoms with Gasteiger partial charge < -0.3 is 0 Å². The van der Waals surface area contributed by atoms with Crippen molar-refractivity contribution >= 4 is 31.1 Å². The summed E-state index contributed by atoms with van der Waals surface area (Å²) in [5, 5.41) is 0. The molecule has 1 amide bonds. The molecule has 0 saturated carbocycles. The second-order valence-corrected chi connectivity index (χ2v) is 11.2. The molecule has 3 rings (SSSR count). The van der Waals surface area contributed by atoms with E-state index in [1.165, 1.54) is 4.46 Å². The Morgan fingerprint density at radius 3 is 2.15 bits per heavy atom. The van der Waals surface area contributed by atoms with Crippen molar-refractivity contribution in [3.05, 3.63) is 66.2 Å². The quantitative estimate of drug-likeness (QED) is 0.415. The van der Waals surface area contributed by atoms with Gasteiger partial charge in [0.05, 0.1) is 0 Å². The molecular formula is C23H27NO2Se. The fourth-order valence-electron chi connectivity index (χ4n) is 3.67. The van der Waals surface area contributed by atoms with E-state index in [0.717, 1.165) is 0 Å². The predicted molar refractivity (Wildman–Crippen MR) is 110 cm³/mol. The molecule has 0 aromatic heterocycles. The molecule has 1 aliphatic rings. The molecule has 27 heavy (non-hydrogen) atoms. The molecule has 3 atom stereocenters. The maximum atomic E-state index is 13.3. The molecule has 1 unspecified atom stereocenters. The first kappa shape index (κ1) is 19.8. The van der Waals surface area contributed by atoms with E-state index < -0.39 is 5.92 Å². The average Bonchev–Trinajstić information content (AvgIpc) is 3.00. The Morgan fingerprint density at radius 1 is 1.04 bits per heavy atom. The first-order chi connectivity index (χ1) is 12.8. The van der Waals surface area contributed by atoms with E-state index in [0.29, 0.717) is 16.9 Å². The molecule has 0 radical (unpaired) electrons. The molecule has 2 aromatic carbocycles. The van der Waals surface area contributed by atoms with Crippen molar-refractivity contribution in [2.24, 2.45) is 11.8 Å². The van der Waals surface area contributed by atoms with Gasteiger partial charge in [-0.2, -0.15) is 0 Å². The Morgan fingerprint density at radius 2 is 1.59 bits per heavy atom. The molecule has 142 valence electrons. The molecule has 3 nitrogen and oxygen atoms in total. The van der Waals surface area contributed by atoms with E-state index in [1.54, 1.807) is 0 Å². The van der Waals surface area contributed by atoms with Crippen LogP contribution in [0, 0.1) is 11.8 Å². The van der Waals surface area contributed by atoms with Crippen LogP contribution in [0.1, 0.15) is 38.1 Å². The number of Topliss-reactive ketones (excluding diaryl/α,β-unsaturated/α-hetero) is 1. The van der Waals surface area contributed by atoms with E-state index in [4.69, 9.17) is 0 Å². The molecule has 1 fully saturated rings. The van der Waals surface area contributed by atoms with Gasteiger partial charge in [-0.25, -0.2) is 0 Å². The number of carbonyl (C=O) groups is 2. The Balaban J connectivity index is 1.90. The van der Waals surface area contributed by atoms with Gasteiger partial charge in [0, 0.05) is 0 Å². The van der Waals surface area contributed by atoms with Crippen LogP contribution in [-0.2, 0) is 4.79 Å². The summed E-state index contributed by atoms with van der Waals surface area (Å²) in [6, 6.07) is 19.7. The van der Waals surface area contributed by atoms with Crippen LogP contribution < -0.4 is 4.46 Å². The van der Waals surface area contributed by atoms with E-state index in [1.807, 2.05) is 62.1 Å². The number of benzene rings is 2. The number of amides is 1. The Hall–Kier alpha value is -1.90. The number of likely N-dealkylation sites (tertiary alicyclic amines) is 1. The van der Waals surface area contributed by atoms with Gasteiger partial charge >= 0.3 is 168 Å². The number of hydrogen-bond acceptors (Lipinski definition) is 2. The second-order valence-electron chi connectivity index (χ2n) is 8.13. The number of ketones is 1. The minimum absolute atomic E-state index is 0.0166. The van der Waals surface area contributed by atoms with E-state index >= 15 is 0 Å². The number of hydrogen-bond donors (Lipinski definition) is 0. The van der Waals surface area contributed by atoms with Crippen LogP contribution in [0.3, 0.4) is 0 Å². The zero-order valence-corrected chi connectivity index (χ0v) is 18.1. The maximum absolute atomic E-state index is 13.3. The van der Waals surface area contributed by atoms with Crippen molar-refractivity contribution in [1.29, 1.82) is 0 Å². The number of carbonyl (C=O) groups excluding carboxylic acids is 2. The van der Waals surface area contributed by atoms with Gasteiger partial charge in [-0.15, -0.1) is 0 Å². The van der Waals surface area contributed by atoms with Crippen molar-refractivity contribution < 1.29 is 9.59 Å². The summed E-state index contributed by atoms with van der Waals surface area (Å²) in [5.74, 6) is -0.582. The normalized spacial score (nSPS) is 21.3. The Kier molecular flexibility index (Phi) is 5.88. The van der Waals surface area contributed by atoms with Crippen LogP contribution in [0.5, 0.6) is 0 Å². The molecule has 1 aliphatic heterocycles. The van der Waals surface area contributed by atoms with Crippen LogP contribution in [-0.4, -0.2) is 43.6 Å². The first-order valence-electron chi connectivity index (χ1n) is 9.41. The van der Waals surface area contributed by atoms with Gasteiger partial charge in [-0.3, -0.25) is 0 Å². The minimum atomic E-state index is -0.577. The van der Waals surface area contributed by atoms with Crippen LogP contribution in [0.15, 0.2) is 60.7 Å². The monoisotopic (exact) mass is 429 g/mol. The number of rotatable bonds is 5. The SMILES string of the molecule is CC([Se]c1ccccc1)[C@H]1CN(C(C)(C)C)C(=O)[C@@H]1C(=O)c1ccccc1. The van der Waals surface area contributed by atoms with Gasteiger partial charge in [0.2, 0.25) is 0 Å². The van der Waals surface area contributed by atoms with Gasteiger partial charge in [0.25, 0.3) is 0 Å². The van der Waals surface area contributed by atoms with Gasteiger partial charge in [-0.05, 0) is 0 Å². The number of nitrogens with zero attached hydrogens (tertiary/aromatic N) is 1. The van der Waals surface area contributed by atoms with Crippen molar-refractivity contribution in [2.75, 3.05) is 6.54 Å².